The average Bonchev–Trinajstić information content (AvgIpc) is 2.81. The van der Waals surface area contributed by atoms with Crippen LogP contribution in [0.25, 0.3) is 0 Å². The highest BCUT2D eigenvalue weighted by molar-refractivity contribution is 7.89. The van der Waals surface area contributed by atoms with Crippen molar-refractivity contribution in [3.63, 3.8) is 0 Å². The van der Waals surface area contributed by atoms with E-state index >= 15 is 0 Å². The van der Waals surface area contributed by atoms with Crippen LogP contribution in [-0.4, -0.2) is 51.4 Å². The number of benzene rings is 2. The molecule has 3 rings (SSSR count). The molecule has 0 bridgehead atoms. The summed E-state index contributed by atoms with van der Waals surface area (Å²) in [5.74, 6) is -2.24. The van der Waals surface area contributed by atoms with Crippen molar-refractivity contribution in [1.29, 1.82) is 0 Å². The molecule has 2 aromatic rings. The molecule has 1 saturated heterocycles. The lowest BCUT2D eigenvalue weighted by molar-refractivity contribution is -0.170. The zero-order chi connectivity index (χ0) is 24.6. The van der Waals surface area contributed by atoms with Crippen LogP contribution in [0.1, 0.15) is 24.8 Å². The molecule has 0 saturated carbocycles. The molecule has 2 aromatic carbocycles. The second-order valence-electron chi connectivity index (χ2n) is 7.89. The van der Waals surface area contributed by atoms with Gasteiger partial charge in [-0.25, -0.2) is 13.1 Å². The van der Waals surface area contributed by atoms with E-state index in [1.165, 1.54) is 24.3 Å². The number of hydrogen-bond acceptors (Lipinski definition) is 6. The van der Waals surface area contributed by atoms with Crippen molar-refractivity contribution in [2.24, 2.45) is 5.92 Å². The molecule has 0 aromatic heterocycles. The van der Waals surface area contributed by atoms with Crippen LogP contribution in [0.3, 0.4) is 0 Å². The van der Waals surface area contributed by atoms with Crippen molar-refractivity contribution >= 4 is 39.2 Å². The molecule has 1 heterocycles. The Morgan fingerprint density at radius 2 is 1.82 bits per heavy atom. The third-order valence-corrected chi connectivity index (χ3v) is 6.90. The van der Waals surface area contributed by atoms with Crippen LogP contribution in [0, 0.1) is 5.92 Å². The summed E-state index contributed by atoms with van der Waals surface area (Å²) in [6.07, 6.45) is 2.04. The lowest BCUT2D eigenvalue weighted by atomic mass is 10.1. The smallest absolute Gasteiger partial charge is 0.307 e. The Morgan fingerprint density at radius 1 is 1.12 bits per heavy atom. The molecule has 184 valence electrons. The Balaban J connectivity index is 1.66. The van der Waals surface area contributed by atoms with Crippen LogP contribution >= 0.6 is 11.6 Å². The molecule has 11 heteroatoms. The number of amides is 1. The standard InChI is InChI=1S/C23H27ClN2O7S/c24-18-6-10-20(11-7-18)34(30,31)25-14-17(15-33-22-3-1-2-12-32-22)23(29)26-19-8-4-16(5-9-19)13-21(27)28/h4-11,17,22,25H,1-3,12-15H2,(H,26,29)(H,27,28). The largest absolute Gasteiger partial charge is 0.481 e. The first-order valence-corrected chi connectivity index (χ1v) is 12.7. The highest BCUT2D eigenvalue weighted by Gasteiger charge is 2.25. The van der Waals surface area contributed by atoms with Crippen LogP contribution in [0.2, 0.25) is 5.02 Å². The molecule has 2 atom stereocenters. The minimum absolute atomic E-state index is 0.0293. The minimum Gasteiger partial charge on any atom is -0.481 e. The average molecular weight is 511 g/mol. The Hall–Kier alpha value is -2.50. The van der Waals surface area contributed by atoms with Gasteiger partial charge in [-0.1, -0.05) is 23.7 Å². The highest BCUT2D eigenvalue weighted by Crippen LogP contribution is 2.18. The predicted molar refractivity (Wildman–Crippen MR) is 126 cm³/mol. The van der Waals surface area contributed by atoms with Gasteiger partial charge in [0.1, 0.15) is 0 Å². The fraction of sp³-hybridized carbons (Fsp3) is 0.391. The molecular formula is C23H27ClN2O7S. The predicted octanol–water partition coefficient (Wildman–Crippen LogP) is 3.04. The number of nitrogens with one attached hydrogen (secondary N) is 2. The maximum absolute atomic E-state index is 13.0. The number of carbonyl (C=O) groups excluding carboxylic acids is 1. The van der Waals surface area contributed by atoms with E-state index in [1.807, 2.05) is 0 Å². The summed E-state index contributed by atoms with van der Waals surface area (Å²) >= 11 is 5.83. The second kappa shape index (κ2) is 12.3. The molecule has 1 fully saturated rings. The first-order valence-electron chi connectivity index (χ1n) is 10.8. The Morgan fingerprint density at radius 3 is 2.44 bits per heavy atom. The van der Waals surface area contributed by atoms with Crippen LogP contribution in [0.5, 0.6) is 0 Å². The zero-order valence-electron chi connectivity index (χ0n) is 18.4. The monoisotopic (exact) mass is 510 g/mol. The van der Waals surface area contributed by atoms with Gasteiger partial charge < -0.3 is 19.9 Å². The zero-order valence-corrected chi connectivity index (χ0v) is 20.0. The van der Waals surface area contributed by atoms with Gasteiger partial charge in [0, 0.05) is 23.9 Å². The van der Waals surface area contributed by atoms with Crippen molar-refractivity contribution in [2.75, 3.05) is 25.1 Å². The van der Waals surface area contributed by atoms with Crippen molar-refractivity contribution in [1.82, 2.24) is 4.72 Å². The molecule has 0 radical (unpaired) electrons. The lowest BCUT2D eigenvalue weighted by Gasteiger charge is -2.25. The van der Waals surface area contributed by atoms with E-state index < -0.39 is 34.1 Å². The molecule has 34 heavy (non-hydrogen) atoms. The first-order chi connectivity index (χ1) is 16.2. The van der Waals surface area contributed by atoms with Crippen molar-refractivity contribution in [3.8, 4) is 0 Å². The van der Waals surface area contributed by atoms with Gasteiger partial charge in [0.25, 0.3) is 0 Å². The van der Waals surface area contributed by atoms with Gasteiger partial charge in [-0.05, 0) is 61.2 Å². The fourth-order valence-corrected chi connectivity index (χ4v) is 4.53. The van der Waals surface area contributed by atoms with Crippen molar-refractivity contribution < 1.29 is 32.6 Å². The normalized spacial score (nSPS) is 17.1. The number of sulfonamides is 1. The summed E-state index contributed by atoms with van der Waals surface area (Å²) in [5, 5.41) is 12.0. The van der Waals surface area contributed by atoms with Gasteiger partial charge in [-0.2, -0.15) is 0 Å². The number of carboxylic acid groups (broad SMARTS) is 1. The SMILES string of the molecule is O=C(O)Cc1ccc(NC(=O)C(CNS(=O)(=O)c2ccc(Cl)cc2)COC2CCCCO2)cc1. The topological polar surface area (TPSA) is 131 Å². The molecule has 2 unspecified atom stereocenters. The third-order valence-electron chi connectivity index (χ3n) is 5.21. The number of carbonyl (C=O) groups is 2. The number of rotatable bonds is 11. The number of halogens is 1. The molecule has 3 N–H and O–H groups in total. The van der Waals surface area contributed by atoms with E-state index in [4.69, 9.17) is 26.2 Å². The van der Waals surface area contributed by atoms with Gasteiger partial charge in [0.15, 0.2) is 6.29 Å². The van der Waals surface area contributed by atoms with Crippen LogP contribution in [0.4, 0.5) is 5.69 Å². The maximum Gasteiger partial charge on any atom is 0.307 e. The van der Waals surface area contributed by atoms with Crippen molar-refractivity contribution in [2.45, 2.75) is 36.9 Å². The van der Waals surface area contributed by atoms with E-state index in [-0.39, 0.29) is 24.5 Å². The minimum atomic E-state index is -3.87. The number of anilines is 1. The number of hydrogen-bond donors (Lipinski definition) is 3. The Bertz CT molecular complexity index is 1070. The van der Waals surface area contributed by atoms with Gasteiger partial charge >= 0.3 is 5.97 Å². The number of carboxylic acids is 1. The van der Waals surface area contributed by atoms with E-state index in [1.54, 1.807) is 24.3 Å². The third kappa shape index (κ3) is 8.07. The molecule has 0 spiro atoms. The summed E-state index contributed by atoms with van der Waals surface area (Å²) in [5.41, 5.74) is 1.05. The van der Waals surface area contributed by atoms with Crippen LogP contribution in [-0.2, 0) is 35.5 Å². The van der Waals surface area contributed by atoms with Gasteiger partial charge in [-0.15, -0.1) is 0 Å². The number of aliphatic carboxylic acids is 1. The van der Waals surface area contributed by atoms with Crippen LogP contribution in [0.15, 0.2) is 53.4 Å². The molecule has 0 aliphatic carbocycles. The summed E-state index contributed by atoms with van der Waals surface area (Å²) in [6.45, 7) is 0.338. The fourth-order valence-electron chi connectivity index (χ4n) is 3.33. The van der Waals surface area contributed by atoms with E-state index in [0.717, 1.165) is 12.8 Å². The highest BCUT2D eigenvalue weighted by atomic mass is 35.5. The molecule has 1 aliphatic heterocycles. The van der Waals surface area contributed by atoms with E-state index in [0.29, 0.717) is 29.3 Å². The van der Waals surface area contributed by atoms with Gasteiger partial charge in [-0.3, -0.25) is 9.59 Å². The Labute approximate surface area is 203 Å². The summed E-state index contributed by atoms with van der Waals surface area (Å²) in [6, 6.07) is 12.1. The molecule has 1 aliphatic rings. The summed E-state index contributed by atoms with van der Waals surface area (Å²) < 4.78 is 39.1. The first kappa shape index (κ1) is 26.1. The molecule has 9 nitrogen and oxygen atoms in total. The summed E-state index contributed by atoms with van der Waals surface area (Å²) in [4.78, 5) is 23.8. The quantitative estimate of drug-likeness (QED) is 0.423. The number of ether oxygens (including phenoxy) is 2. The van der Waals surface area contributed by atoms with E-state index in [9.17, 15) is 18.0 Å². The second-order valence-corrected chi connectivity index (χ2v) is 10.1. The summed E-state index contributed by atoms with van der Waals surface area (Å²) in [7, 11) is -3.87. The van der Waals surface area contributed by atoms with E-state index in [2.05, 4.69) is 10.0 Å². The van der Waals surface area contributed by atoms with Crippen molar-refractivity contribution in [3.05, 3.63) is 59.1 Å². The van der Waals surface area contributed by atoms with Gasteiger partial charge in [0.2, 0.25) is 15.9 Å². The lowest BCUT2D eigenvalue weighted by Crippen LogP contribution is -2.39. The maximum atomic E-state index is 13.0. The molecular weight excluding hydrogens is 484 g/mol. The van der Waals surface area contributed by atoms with Crippen LogP contribution < -0.4 is 10.0 Å². The Kier molecular flexibility index (Phi) is 9.43. The molecule has 1 amide bonds. The van der Waals surface area contributed by atoms with Gasteiger partial charge in [0.05, 0.1) is 23.8 Å².